The largest absolute Gasteiger partial charge is 0.462 e. The highest BCUT2D eigenvalue weighted by atomic mass is 16.5. The van der Waals surface area contributed by atoms with E-state index in [4.69, 9.17) is 4.74 Å². The van der Waals surface area contributed by atoms with Crippen molar-refractivity contribution in [3.8, 4) is 0 Å². The normalized spacial score (nSPS) is 34.0. The quantitative estimate of drug-likeness (QED) is 0.0879. The number of carbonyl (C=O) groups is 1. The molecule has 0 aliphatic heterocycles. The molecule has 0 N–H and O–H groups in total. The number of rotatable bonds is 18. The van der Waals surface area contributed by atoms with Crippen LogP contribution in [0.3, 0.4) is 0 Å². The van der Waals surface area contributed by atoms with Crippen molar-refractivity contribution in [1.29, 1.82) is 0 Å². The van der Waals surface area contributed by atoms with E-state index in [-0.39, 0.29) is 12.1 Å². The number of ether oxygens (including phenoxy) is 1. The van der Waals surface area contributed by atoms with Gasteiger partial charge in [-0.05, 0) is 123 Å². The van der Waals surface area contributed by atoms with E-state index in [0.717, 1.165) is 61.2 Å². The molecular weight excluding hydrogens is 536 g/mol. The Labute approximate surface area is 274 Å². The summed E-state index contributed by atoms with van der Waals surface area (Å²) in [5.41, 5.74) is 2.53. The van der Waals surface area contributed by atoms with Crippen molar-refractivity contribution in [2.24, 2.45) is 46.3 Å². The first-order valence-electron chi connectivity index (χ1n) is 19.7. The Morgan fingerprint density at radius 3 is 2.34 bits per heavy atom. The van der Waals surface area contributed by atoms with Crippen LogP contribution in [-0.2, 0) is 9.53 Å². The summed E-state index contributed by atoms with van der Waals surface area (Å²) >= 11 is 0. The zero-order valence-corrected chi connectivity index (χ0v) is 30.1. The third-order valence-corrected chi connectivity index (χ3v) is 13.5. The zero-order chi connectivity index (χ0) is 31.6. The number of hydrogen-bond acceptors (Lipinski definition) is 2. The fraction of sp³-hybridized carbons (Fsp3) is 0.881. The van der Waals surface area contributed by atoms with Gasteiger partial charge in [0.2, 0.25) is 0 Å². The molecule has 0 aromatic rings. The topological polar surface area (TPSA) is 26.3 Å². The molecule has 3 fully saturated rings. The van der Waals surface area contributed by atoms with Crippen molar-refractivity contribution < 1.29 is 9.53 Å². The van der Waals surface area contributed by atoms with Crippen LogP contribution in [-0.4, -0.2) is 12.1 Å². The van der Waals surface area contributed by atoms with Crippen molar-refractivity contribution in [2.75, 3.05) is 0 Å². The average Bonchev–Trinajstić information content (AvgIpc) is 3.35. The first kappa shape index (κ1) is 35.8. The second-order valence-electron chi connectivity index (χ2n) is 16.9. The standard InChI is InChI=1S/C42H72O2/c1-7-8-9-10-11-12-13-14-15-16-17-18-22-40(43)44-35-27-29-41(5)34(31-35)23-24-36-38-26-25-37(33(4)21-19-20-32(2)3)42(38,6)30-28-39(36)41/h11-12,23,32-33,35-39H,7-10,13-22,24-31H2,1-6H3/b12-11-/t33-,35+,36+,37-,38+,39+,41+,42-/m1/s1. The van der Waals surface area contributed by atoms with Crippen LogP contribution in [0.1, 0.15) is 183 Å². The Morgan fingerprint density at radius 2 is 1.59 bits per heavy atom. The Morgan fingerprint density at radius 1 is 0.864 bits per heavy atom. The van der Waals surface area contributed by atoms with Gasteiger partial charge in [0.25, 0.3) is 0 Å². The van der Waals surface area contributed by atoms with Gasteiger partial charge in [-0.2, -0.15) is 0 Å². The van der Waals surface area contributed by atoms with E-state index < -0.39 is 0 Å². The molecule has 4 aliphatic rings. The molecule has 0 heterocycles. The van der Waals surface area contributed by atoms with E-state index in [2.05, 4.69) is 59.8 Å². The second-order valence-corrected chi connectivity index (χ2v) is 16.9. The molecule has 8 atom stereocenters. The van der Waals surface area contributed by atoms with Crippen LogP contribution in [0.15, 0.2) is 23.8 Å². The average molecular weight is 609 g/mol. The summed E-state index contributed by atoms with van der Waals surface area (Å²) in [6.07, 6.45) is 35.1. The van der Waals surface area contributed by atoms with Crippen molar-refractivity contribution >= 4 is 5.97 Å². The molecule has 0 aromatic heterocycles. The summed E-state index contributed by atoms with van der Waals surface area (Å²) in [4.78, 5) is 12.8. The highest BCUT2D eigenvalue weighted by Gasteiger charge is 2.59. The minimum Gasteiger partial charge on any atom is -0.462 e. The van der Waals surface area contributed by atoms with Crippen molar-refractivity contribution in [2.45, 2.75) is 189 Å². The fourth-order valence-corrected chi connectivity index (χ4v) is 10.8. The highest BCUT2D eigenvalue weighted by Crippen LogP contribution is 2.67. The number of hydrogen-bond donors (Lipinski definition) is 0. The molecule has 4 rings (SSSR count). The molecule has 252 valence electrons. The predicted octanol–water partition coefficient (Wildman–Crippen LogP) is 12.8. The lowest BCUT2D eigenvalue weighted by atomic mass is 9.47. The van der Waals surface area contributed by atoms with Gasteiger partial charge in [0.05, 0.1) is 0 Å². The Bertz CT molecular complexity index is 930. The maximum atomic E-state index is 12.8. The van der Waals surface area contributed by atoms with Crippen LogP contribution < -0.4 is 0 Å². The lowest BCUT2D eigenvalue weighted by Gasteiger charge is -2.58. The number of unbranched alkanes of at least 4 members (excludes halogenated alkanes) is 8. The third-order valence-electron chi connectivity index (χ3n) is 13.5. The summed E-state index contributed by atoms with van der Waals surface area (Å²) in [6, 6.07) is 0. The second kappa shape index (κ2) is 17.2. The molecule has 0 bridgehead atoms. The first-order valence-corrected chi connectivity index (χ1v) is 19.7. The molecule has 2 heteroatoms. The lowest BCUT2D eigenvalue weighted by Crippen LogP contribution is -2.51. The molecule has 0 aromatic carbocycles. The molecule has 2 nitrogen and oxygen atoms in total. The Hall–Kier alpha value is -1.05. The van der Waals surface area contributed by atoms with E-state index in [0.29, 0.717) is 17.3 Å². The van der Waals surface area contributed by atoms with Crippen LogP contribution in [0, 0.1) is 46.3 Å². The molecule has 44 heavy (non-hydrogen) atoms. The first-order chi connectivity index (χ1) is 21.2. The summed E-state index contributed by atoms with van der Waals surface area (Å²) in [5.74, 6) is 5.32. The predicted molar refractivity (Wildman–Crippen MR) is 189 cm³/mol. The van der Waals surface area contributed by atoms with Gasteiger partial charge in [-0.1, -0.05) is 117 Å². The van der Waals surface area contributed by atoms with Crippen molar-refractivity contribution in [3.05, 3.63) is 23.8 Å². The van der Waals surface area contributed by atoms with Crippen LogP contribution in [0.2, 0.25) is 0 Å². The Balaban J connectivity index is 1.18. The van der Waals surface area contributed by atoms with Crippen LogP contribution in [0.25, 0.3) is 0 Å². The zero-order valence-electron chi connectivity index (χ0n) is 30.1. The number of fused-ring (bicyclic) bond motifs is 5. The summed E-state index contributed by atoms with van der Waals surface area (Å²) in [7, 11) is 0. The maximum Gasteiger partial charge on any atom is 0.306 e. The van der Waals surface area contributed by atoms with E-state index in [1.165, 1.54) is 109 Å². The van der Waals surface area contributed by atoms with Crippen LogP contribution in [0.4, 0.5) is 0 Å². The summed E-state index contributed by atoms with van der Waals surface area (Å²) in [6.45, 7) is 14.9. The van der Waals surface area contributed by atoms with Crippen molar-refractivity contribution in [3.63, 3.8) is 0 Å². The summed E-state index contributed by atoms with van der Waals surface area (Å²) in [5, 5.41) is 0. The van der Waals surface area contributed by atoms with E-state index >= 15 is 0 Å². The van der Waals surface area contributed by atoms with E-state index in [9.17, 15) is 4.79 Å². The lowest BCUT2D eigenvalue weighted by molar-refractivity contribution is -0.151. The SMILES string of the molecule is CCCCC/C=C\CCCCCCCC(=O)O[C@H]1CC[C@@]2(C)C(=CC[C@H]3[C@@H]4CC[C@H]([C@H](C)CCCC(C)C)[C@@]4(C)CC[C@@H]32)C1. The molecule has 0 spiro atoms. The molecular formula is C42H72O2. The van der Waals surface area contributed by atoms with Crippen LogP contribution >= 0.6 is 0 Å². The van der Waals surface area contributed by atoms with Gasteiger partial charge in [-0.3, -0.25) is 4.79 Å². The van der Waals surface area contributed by atoms with Gasteiger partial charge in [-0.25, -0.2) is 0 Å². The highest BCUT2D eigenvalue weighted by molar-refractivity contribution is 5.69. The van der Waals surface area contributed by atoms with Crippen molar-refractivity contribution in [1.82, 2.24) is 0 Å². The maximum absolute atomic E-state index is 12.8. The number of carbonyl (C=O) groups excluding carboxylic acids is 1. The molecule has 0 unspecified atom stereocenters. The molecule has 0 saturated heterocycles. The number of esters is 1. The van der Waals surface area contributed by atoms with Gasteiger partial charge >= 0.3 is 5.97 Å². The van der Waals surface area contributed by atoms with Gasteiger partial charge in [0, 0.05) is 12.8 Å². The summed E-state index contributed by atoms with van der Waals surface area (Å²) < 4.78 is 6.11. The van der Waals surface area contributed by atoms with E-state index in [1.54, 1.807) is 5.57 Å². The monoisotopic (exact) mass is 609 g/mol. The van der Waals surface area contributed by atoms with E-state index in [1.807, 2.05) is 0 Å². The van der Waals surface area contributed by atoms with Gasteiger partial charge in [0.1, 0.15) is 6.10 Å². The molecule has 3 saturated carbocycles. The van der Waals surface area contributed by atoms with Gasteiger partial charge < -0.3 is 4.74 Å². The smallest absolute Gasteiger partial charge is 0.306 e. The molecule has 0 amide bonds. The van der Waals surface area contributed by atoms with Gasteiger partial charge in [0.15, 0.2) is 0 Å². The van der Waals surface area contributed by atoms with Gasteiger partial charge in [-0.15, -0.1) is 0 Å². The fourth-order valence-electron chi connectivity index (χ4n) is 10.8. The Kier molecular flexibility index (Phi) is 14.0. The third kappa shape index (κ3) is 9.06. The molecule has 0 radical (unpaired) electrons. The molecule has 4 aliphatic carbocycles. The number of allylic oxidation sites excluding steroid dienone is 3. The minimum atomic E-state index is 0.0517. The minimum absolute atomic E-state index is 0.0517. The van der Waals surface area contributed by atoms with Crippen LogP contribution in [0.5, 0.6) is 0 Å².